The molecule has 5 nitrogen and oxygen atoms in total. The first-order chi connectivity index (χ1) is 9.28. The number of ether oxygens (including phenoxy) is 1. The average molecular weight is 274 g/mol. The van der Waals surface area contributed by atoms with Crippen LogP contribution in [0.4, 0.5) is 5.69 Å². The predicted molar refractivity (Wildman–Crippen MR) is 75.4 cm³/mol. The molecule has 0 saturated carbocycles. The molecule has 1 aliphatic rings. The lowest BCUT2D eigenvalue weighted by molar-refractivity contribution is 0.240. The van der Waals surface area contributed by atoms with E-state index in [1.165, 1.54) is 0 Å². The Kier molecular flexibility index (Phi) is 3.25. The van der Waals surface area contributed by atoms with E-state index >= 15 is 0 Å². The number of rotatable bonds is 2. The van der Waals surface area contributed by atoms with E-state index in [2.05, 4.69) is 27.4 Å². The third-order valence-electron chi connectivity index (χ3n) is 2.74. The van der Waals surface area contributed by atoms with Crippen LogP contribution in [0.3, 0.4) is 0 Å². The van der Waals surface area contributed by atoms with Crippen molar-refractivity contribution in [1.29, 1.82) is 0 Å². The quantitative estimate of drug-likeness (QED) is 0.850. The number of anilines is 1. The molecule has 0 unspecified atom stereocenters. The van der Waals surface area contributed by atoms with E-state index in [9.17, 15) is 0 Å². The molecule has 0 saturated heterocycles. The third-order valence-corrected chi connectivity index (χ3v) is 3.46. The Hall–Kier alpha value is -1.82. The van der Waals surface area contributed by atoms with Gasteiger partial charge in [-0.3, -0.25) is 0 Å². The summed E-state index contributed by atoms with van der Waals surface area (Å²) in [5, 5.41) is 12.3. The van der Waals surface area contributed by atoms with Crippen molar-refractivity contribution in [2.75, 3.05) is 11.1 Å². The van der Waals surface area contributed by atoms with Gasteiger partial charge in [0.25, 0.3) is 0 Å². The molecular weight excluding hydrogens is 260 g/mol. The van der Waals surface area contributed by atoms with Gasteiger partial charge in [0.05, 0.1) is 0 Å². The van der Waals surface area contributed by atoms with Gasteiger partial charge in [0.2, 0.25) is 11.0 Å². The Bertz CT molecular complexity index is 605. The van der Waals surface area contributed by atoms with Gasteiger partial charge >= 0.3 is 0 Å². The number of nitrogens with one attached hydrogen (secondary N) is 1. The summed E-state index contributed by atoms with van der Waals surface area (Å²) in [7, 11) is 0. The lowest BCUT2D eigenvalue weighted by atomic mass is 10.1. The number of aromatic nitrogens is 3. The maximum absolute atomic E-state index is 5.79. The van der Waals surface area contributed by atoms with Crippen molar-refractivity contribution in [3.63, 3.8) is 0 Å². The maximum atomic E-state index is 5.79. The van der Waals surface area contributed by atoms with Crippen LogP contribution in [-0.4, -0.2) is 27.2 Å². The molecule has 6 heteroatoms. The fourth-order valence-electron chi connectivity index (χ4n) is 1.97. The highest BCUT2D eigenvalue weighted by atomic mass is 32.2. The molecule has 1 aromatic carbocycles. The molecule has 1 N–H and O–H groups in total. The molecule has 0 amide bonds. The minimum Gasteiger partial charge on any atom is -0.452 e. The number of thioether (sulfide) groups is 1. The number of hydrogen-bond acceptors (Lipinski definition) is 6. The van der Waals surface area contributed by atoms with Crippen molar-refractivity contribution in [3.8, 4) is 17.1 Å². The number of hydrogen-bond donors (Lipinski definition) is 1. The summed E-state index contributed by atoms with van der Waals surface area (Å²) in [4.78, 5) is 4.44. The molecule has 2 aromatic rings. The molecule has 1 atom stereocenters. The van der Waals surface area contributed by atoms with Crippen LogP contribution >= 0.6 is 11.8 Å². The van der Waals surface area contributed by atoms with Crippen molar-refractivity contribution in [1.82, 2.24) is 15.2 Å². The Balaban J connectivity index is 2.13. The standard InChI is InChI=1S/C13H14N4OS/c1-3-19-13-15-12-11(16-17-13)9-6-4-5-7-10(9)14-8(2)18-12/h4-8,14H,3H2,1-2H3/t8-/m1/s1. The molecule has 1 aromatic heterocycles. The van der Waals surface area contributed by atoms with Gasteiger partial charge in [-0.25, -0.2) is 0 Å². The minimum atomic E-state index is -0.154. The normalized spacial score (nSPS) is 16.6. The van der Waals surface area contributed by atoms with Gasteiger partial charge in [-0.1, -0.05) is 36.9 Å². The number of fused-ring (bicyclic) bond motifs is 3. The van der Waals surface area contributed by atoms with E-state index in [1.807, 2.05) is 31.2 Å². The maximum Gasteiger partial charge on any atom is 0.247 e. The van der Waals surface area contributed by atoms with Gasteiger partial charge < -0.3 is 10.1 Å². The predicted octanol–water partition coefficient (Wildman–Crippen LogP) is 2.80. The Morgan fingerprint density at radius 3 is 3.00 bits per heavy atom. The van der Waals surface area contributed by atoms with Crippen molar-refractivity contribution in [3.05, 3.63) is 24.3 Å². The highest BCUT2D eigenvalue weighted by Crippen LogP contribution is 2.35. The number of para-hydroxylation sites is 1. The second kappa shape index (κ2) is 5.05. The molecule has 3 rings (SSSR count). The van der Waals surface area contributed by atoms with Crippen LogP contribution in [0.5, 0.6) is 5.88 Å². The smallest absolute Gasteiger partial charge is 0.247 e. The van der Waals surface area contributed by atoms with E-state index in [1.54, 1.807) is 11.8 Å². The summed E-state index contributed by atoms with van der Waals surface area (Å²) in [6, 6.07) is 7.94. The monoisotopic (exact) mass is 274 g/mol. The van der Waals surface area contributed by atoms with Crippen molar-refractivity contribution in [2.45, 2.75) is 25.2 Å². The molecule has 0 bridgehead atoms. The molecule has 0 aliphatic carbocycles. The Morgan fingerprint density at radius 2 is 2.16 bits per heavy atom. The van der Waals surface area contributed by atoms with Crippen LogP contribution < -0.4 is 10.1 Å². The second-order valence-electron chi connectivity index (χ2n) is 4.13. The SMILES string of the molecule is CCSc1nnc2c(n1)O[C@H](C)Nc1ccccc1-2. The van der Waals surface area contributed by atoms with Crippen LogP contribution in [0.1, 0.15) is 13.8 Å². The molecular formula is C13H14N4OS. The Labute approximate surface area is 115 Å². The van der Waals surface area contributed by atoms with Gasteiger partial charge in [-0.05, 0) is 18.7 Å². The molecule has 2 heterocycles. The van der Waals surface area contributed by atoms with E-state index in [-0.39, 0.29) is 6.23 Å². The topological polar surface area (TPSA) is 59.9 Å². The lowest BCUT2D eigenvalue weighted by Gasteiger charge is -2.13. The average Bonchev–Trinajstić information content (AvgIpc) is 2.54. The molecule has 19 heavy (non-hydrogen) atoms. The first-order valence-electron chi connectivity index (χ1n) is 6.18. The minimum absolute atomic E-state index is 0.154. The van der Waals surface area contributed by atoms with Crippen LogP contribution in [0.2, 0.25) is 0 Å². The highest BCUT2D eigenvalue weighted by Gasteiger charge is 2.22. The molecule has 0 fully saturated rings. The second-order valence-corrected chi connectivity index (χ2v) is 5.36. The highest BCUT2D eigenvalue weighted by molar-refractivity contribution is 7.99. The first-order valence-corrected chi connectivity index (χ1v) is 7.16. The zero-order valence-corrected chi connectivity index (χ0v) is 11.6. The summed E-state index contributed by atoms with van der Waals surface area (Å²) in [5.41, 5.74) is 2.64. The van der Waals surface area contributed by atoms with Crippen LogP contribution in [0.15, 0.2) is 29.4 Å². The first kappa shape index (κ1) is 12.2. The summed E-state index contributed by atoms with van der Waals surface area (Å²) >= 11 is 1.55. The van der Waals surface area contributed by atoms with Crippen molar-refractivity contribution < 1.29 is 4.74 Å². The zero-order chi connectivity index (χ0) is 13.2. The third kappa shape index (κ3) is 2.35. The zero-order valence-electron chi connectivity index (χ0n) is 10.8. The van der Waals surface area contributed by atoms with Crippen LogP contribution in [0.25, 0.3) is 11.3 Å². The number of nitrogens with zero attached hydrogens (tertiary/aromatic N) is 3. The summed E-state index contributed by atoms with van der Waals surface area (Å²) in [6.07, 6.45) is -0.154. The van der Waals surface area contributed by atoms with E-state index in [0.717, 1.165) is 17.0 Å². The molecule has 98 valence electrons. The fraction of sp³-hybridized carbons (Fsp3) is 0.308. The van der Waals surface area contributed by atoms with E-state index < -0.39 is 0 Å². The van der Waals surface area contributed by atoms with Gasteiger partial charge in [0, 0.05) is 11.3 Å². The van der Waals surface area contributed by atoms with Crippen molar-refractivity contribution in [2.24, 2.45) is 0 Å². The largest absolute Gasteiger partial charge is 0.452 e. The molecule has 0 spiro atoms. The van der Waals surface area contributed by atoms with E-state index in [4.69, 9.17) is 4.74 Å². The van der Waals surface area contributed by atoms with Gasteiger partial charge in [-0.2, -0.15) is 4.98 Å². The van der Waals surface area contributed by atoms with Gasteiger partial charge in [0.1, 0.15) is 0 Å². The molecule has 0 radical (unpaired) electrons. The lowest BCUT2D eigenvalue weighted by Crippen LogP contribution is -2.21. The fourth-order valence-corrected chi connectivity index (χ4v) is 2.47. The number of benzene rings is 1. The van der Waals surface area contributed by atoms with Crippen LogP contribution in [-0.2, 0) is 0 Å². The van der Waals surface area contributed by atoms with Gasteiger partial charge in [-0.15, -0.1) is 10.2 Å². The summed E-state index contributed by atoms with van der Waals surface area (Å²) < 4.78 is 5.79. The van der Waals surface area contributed by atoms with E-state index in [0.29, 0.717) is 16.7 Å². The Morgan fingerprint density at radius 1 is 1.32 bits per heavy atom. The van der Waals surface area contributed by atoms with Crippen LogP contribution in [0, 0.1) is 0 Å². The van der Waals surface area contributed by atoms with Gasteiger partial charge in [0.15, 0.2) is 11.9 Å². The summed E-state index contributed by atoms with van der Waals surface area (Å²) in [5.74, 6) is 1.45. The molecule has 1 aliphatic heterocycles. The summed E-state index contributed by atoms with van der Waals surface area (Å²) in [6.45, 7) is 4.00. The van der Waals surface area contributed by atoms with Crippen molar-refractivity contribution >= 4 is 17.4 Å².